The molecule has 8 heteroatoms. The fraction of sp³-hybridized carbons (Fsp3) is 0.316. The van der Waals surface area contributed by atoms with Crippen molar-refractivity contribution < 1.29 is 17.2 Å². The highest BCUT2D eigenvalue weighted by atomic mass is 32.2. The highest BCUT2D eigenvalue weighted by molar-refractivity contribution is 7.89. The van der Waals surface area contributed by atoms with E-state index in [4.69, 9.17) is 0 Å². The average molecular weight is 395 g/mol. The smallest absolute Gasteiger partial charge is 0.191 e. The molecule has 0 spiro atoms. The lowest BCUT2D eigenvalue weighted by Gasteiger charge is -2.14. The lowest BCUT2D eigenvalue weighted by Crippen LogP contribution is -2.37. The molecule has 0 saturated carbocycles. The number of nitrogens with one attached hydrogen (secondary N) is 2. The van der Waals surface area contributed by atoms with Gasteiger partial charge in [-0.3, -0.25) is 0 Å². The van der Waals surface area contributed by atoms with Crippen molar-refractivity contribution in [3.8, 4) is 0 Å². The summed E-state index contributed by atoms with van der Waals surface area (Å²) in [5.74, 6) is -0.464. The molecule has 0 heterocycles. The molecule has 0 saturated heterocycles. The summed E-state index contributed by atoms with van der Waals surface area (Å²) < 4.78 is 50.0. The maximum absolute atomic E-state index is 13.6. The highest BCUT2D eigenvalue weighted by Crippen LogP contribution is 2.14. The number of rotatable bonds is 7. The number of aliphatic imine (C=N–C) groups is 1. The molecule has 2 aromatic rings. The SMILES string of the molecule is CCNC(=NCc1cccc(F)c1)NCc1cc(F)ccc1CS(C)(=O)=O. The van der Waals surface area contributed by atoms with E-state index in [0.717, 1.165) is 11.8 Å². The second kappa shape index (κ2) is 9.45. The number of benzene rings is 2. The van der Waals surface area contributed by atoms with Gasteiger partial charge in [-0.25, -0.2) is 22.2 Å². The monoisotopic (exact) mass is 395 g/mol. The van der Waals surface area contributed by atoms with Crippen LogP contribution in [0, 0.1) is 11.6 Å². The summed E-state index contributed by atoms with van der Waals surface area (Å²) in [4.78, 5) is 4.38. The zero-order chi connectivity index (χ0) is 19.9. The highest BCUT2D eigenvalue weighted by Gasteiger charge is 2.11. The molecule has 0 aliphatic rings. The van der Waals surface area contributed by atoms with Crippen molar-refractivity contribution in [3.05, 3.63) is 70.8 Å². The average Bonchev–Trinajstić information content (AvgIpc) is 2.58. The predicted molar refractivity (Wildman–Crippen MR) is 103 cm³/mol. The Balaban J connectivity index is 2.13. The summed E-state index contributed by atoms with van der Waals surface area (Å²) >= 11 is 0. The molecule has 0 unspecified atom stereocenters. The van der Waals surface area contributed by atoms with Crippen LogP contribution < -0.4 is 10.6 Å². The number of hydrogen-bond acceptors (Lipinski definition) is 3. The second-order valence-corrected chi connectivity index (χ2v) is 8.30. The summed E-state index contributed by atoms with van der Waals surface area (Å²) in [6.45, 7) is 2.98. The van der Waals surface area contributed by atoms with Gasteiger partial charge in [0, 0.05) is 19.3 Å². The van der Waals surface area contributed by atoms with Crippen LogP contribution in [0.2, 0.25) is 0 Å². The van der Waals surface area contributed by atoms with Crippen LogP contribution in [-0.4, -0.2) is 27.2 Å². The van der Waals surface area contributed by atoms with Crippen molar-refractivity contribution in [2.75, 3.05) is 12.8 Å². The van der Waals surface area contributed by atoms with E-state index in [-0.39, 0.29) is 24.7 Å². The number of halogens is 2. The van der Waals surface area contributed by atoms with Gasteiger partial charge in [0.25, 0.3) is 0 Å². The molecule has 0 aromatic heterocycles. The van der Waals surface area contributed by atoms with Crippen molar-refractivity contribution in [3.63, 3.8) is 0 Å². The lowest BCUT2D eigenvalue weighted by molar-refractivity contribution is 0.599. The fourth-order valence-corrected chi connectivity index (χ4v) is 3.36. The van der Waals surface area contributed by atoms with E-state index in [9.17, 15) is 17.2 Å². The quantitative estimate of drug-likeness (QED) is 0.559. The topological polar surface area (TPSA) is 70.6 Å². The van der Waals surface area contributed by atoms with Crippen molar-refractivity contribution in [1.82, 2.24) is 10.6 Å². The Labute approximate surface area is 158 Å². The van der Waals surface area contributed by atoms with Crippen LogP contribution in [0.5, 0.6) is 0 Å². The summed E-state index contributed by atoms with van der Waals surface area (Å²) in [5, 5.41) is 6.11. The van der Waals surface area contributed by atoms with Crippen LogP contribution in [0.4, 0.5) is 8.78 Å². The van der Waals surface area contributed by atoms with Gasteiger partial charge in [-0.2, -0.15) is 0 Å². The standard InChI is InChI=1S/C19H23F2N3O2S/c1-3-22-19(23-11-14-5-4-6-17(20)9-14)24-12-16-10-18(21)8-7-15(16)13-27(2,25)26/h4-10H,3,11-13H2,1-2H3,(H2,22,23,24). The second-order valence-electron chi connectivity index (χ2n) is 6.16. The lowest BCUT2D eigenvalue weighted by atomic mass is 10.1. The first kappa shape index (κ1) is 20.8. The third kappa shape index (κ3) is 7.34. The van der Waals surface area contributed by atoms with E-state index in [1.165, 1.54) is 30.3 Å². The van der Waals surface area contributed by atoms with Crippen molar-refractivity contribution in [2.45, 2.75) is 25.8 Å². The normalized spacial score (nSPS) is 12.1. The Morgan fingerprint density at radius 1 is 1.04 bits per heavy atom. The molecule has 0 bridgehead atoms. The predicted octanol–water partition coefficient (Wildman–Crippen LogP) is 2.76. The van der Waals surface area contributed by atoms with Crippen LogP contribution in [0.25, 0.3) is 0 Å². The summed E-state index contributed by atoms with van der Waals surface area (Å²) in [6, 6.07) is 10.2. The van der Waals surface area contributed by atoms with Crippen LogP contribution in [0.3, 0.4) is 0 Å². The van der Waals surface area contributed by atoms with Crippen molar-refractivity contribution in [1.29, 1.82) is 0 Å². The van der Waals surface area contributed by atoms with E-state index < -0.39 is 15.7 Å². The van der Waals surface area contributed by atoms with E-state index in [1.807, 2.05) is 6.92 Å². The molecule has 2 aromatic carbocycles. The van der Waals surface area contributed by atoms with E-state index >= 15 is 0 Å². The fourth-order valence-electron chi connectivity index (χ4n) is 2.51. The number of hydrogen-bond donors (Lipinski definition) is 2. The molecule has 0 aliphatic carbocycles. The van der Waals surface area contributed by atoms with Gasteiger partial charge in [0.05, 0.1) is 12.3 Å². The first-order chi connectivity index (χ1) is 12.8. The zero-order valence-electron chi connectivity index (χ0n) is 15.3. The number of nitrogens with zero attached hydrogens (tertiary/aromatic N) is 1. The molecule has 27 heavy (non-hydrogen) atoms. The number of guanidine groups is 1. The van der Waals surface area contributed by atoms with Gasteiger partial charge in [0.15, 0.2) is 15.8 Å². The van der Waals surface area contributed by atoms with Crippen LogP contribution >= 0.6 is 0 Å². The van der Waals surface area contributed by atoms with Crippen LogP contribution in [0.1, 0.15) is 23.6 Å². The van der Waals surface area contributed by atoms with E-state index in [0.29, 0.717) is 23.6 Å². The first-order valence-corrected chi connectivity index (χ1v) is 10.5. The Morgan fingerprint density at radius 3 is 2.44 bits per heavy atom. The van der Waals surface area contributed by atoms with Gasteiger partial charge in [-0.1, -0.05) is 18.2 Å². The van der Waals surface area contributed by atoms with E-state index in [1.54, 1.807) is 12.1 Å². The van der Waals surface area contributed by atoms with Gasteiger partial charge in [-0.15, -0.1) is 0 Å². The largest absolute Gasteiger partial charge is 0.357 e. The van der Waals surface area contributed by atoms with Gasteiger partial charge >= 0.3 is 0 Å². The van der Waals surface area contributed by atoms with Gasteiger partial charge in [0.2, 0.25) is 0 Å². The molecule has 2 N–H and O–H groups in total. The maximum Gasteiger partial charge on any atom is 0.191 e. The third-order valence-corrected chi connectivity index (χ3v) is 4.52. The molecule has 0 amide bonds. The third-order valence-electron chi connectivity index (χ3n) is 3.69. The first-order valence-electron chi connectivity index (χ1n) is 8.48. The molecule has 5 nitrogen and oxygen atoms in total. The molecule has 0 aliphatic heterocycles. The van der Waals surface area contributed by atoms with Crippen LogP contribution in [0.15, 0.2) is 47.5 Å². The molecule has 0 atom stereocenters. The minimum absolute atomic E-state index is 0.165. The minimum atomic E-state index is -3.24. The summed E-state index contributed by atoms with van der Waals surface area (Å²) in [5.41, 5.74) is 1.79. The van der Waals surface area contributed by atoms with Gasteiger partial charge in [-0.05, 0) is 47.9 Å². The molecule has 2 rings (SSSR count). The molecular weight excluding hydrogens is 372 g/mol. The molecule has 146 valence electrons. The Morgan fingerprint density at radius 2 is 1.78 bits per heavy atom. The van der Waals surface area contributed by atoms with Crippen molar-refractivity contribution >= 4 is 15.8 Å². The van der Waals surface area contributed by atoms with Gasteiger partial charge in [0.1, 0.15) is 11.6 Å². The molecule has 0 radical (unpaired) electrons. The van der Waals surface area contributed by atoms with E-state index in [2.05, 4.69) is 15.6 Å². The summed E-state index contributed by atoms with van der Waals surface area (Å²) in [7, 11) is -3.24. The van der Waals surface area contributed by atoms with Gasteiger partial charge < -0.3 is 10.6 Å². The molecule has 0 fully saturated rings. The zero-order valence-corrected chi connectivity index (χ0v) is 16.1. The van der Waals surface area contributed by atoms with Crippen molar-refractivity contribution in [2.24, 2.45) is 4.99 Å². The van der Waals surface area contributed by atoms with Crippen LogP contribution in [-0.2, 0) is 28.7 Å². The maximum atomic E-state index is 13.6. The Kier molecular flexibility index (Phi) is 7.29. The Hall–Kier alpha value is -2.48. The molecular formula is C19H23F2N3O2S. The summed E-state index contributed by atoms with van der Waals surface area (Å²) in [6.07, 6.45) is 1.14. The number of sulfone groups is 1. The minimum Gasteiger partial charge on any atom is -0.357 e. The Bertz CT molecular complexity index is 915.